The van der Waals surface area contributed by atoms with Crippen molar-refractivity contribution in [2.24, 2.45) is 0 Å². The number of nitrogens with one attached hydrogen (secondary N) is 1. The molecule has 0 spiro atoms. The van der Waals surface area contributed by atoms with E-state index >= 15 is 0 Å². The Morgan fingerprint density at radius 2 is 1.93 bits per heavy atom. The van der Waals surface area contributed by atoms with E-state index in [1.54, 1.807) is 16.8 Å². The zero-order valence-electron chi connectivity index (χ0n) is 17.6. The van der Waals surface area contributed by atoms with Crippen LogP contribution in [0.3, 0.4) is 0 Å². The van der Waals surface area contributed by atoms with Gasteiger partial charge in [0.1, 0.15) is 11.6 Å². The van der Waals surface area contributed by atoms with Crippen molar-refractivity contribution in [3.8, 4) is 17.3 Å². The summed E-state index contributed by atoms with van der Waals surface area (Å²) in [6.45, 7) is 3.27. The second kappa shape index (κ2) is 10.0. The second-order valence-electron chi connectivity index (χ2n) is 7.33. The van der Waals surface area contributed by atoms with Gasteiger partial charge in [0.2, 0.25) is 11.8 Å². The van der Waals surface area contributed by atoms with Crippen molar-refractivity contribution in [3.63, 3.8) is 0 Å². The van der Waals surface area contributed by atoms with Crippen LogP contribution in [-0.2, 0) is 11.2 Å². The van der Waals surface area contributed by atoms with Crippen LogP contribution in [0.1, 0.15) is 17.7 Å². The highest BCUT2D eigenvalue weighted by atomic mass is 19.1. The molecule has 0 saturated heterocycles. The third-order valence-electron chi connectivity index (χ3n) is 4.63. The van der Waals surface area contributed by atoms with Crippen molar-refractivity contribution in [2.45, 2.75) is 19.8 Å². The number of aryl methyl sites for hydroxylation is 1. The predicted octanol–water partition coefficient (Wildman–Crippen LogP) is 3.72. The highest BCUT2D eigenvalue weighted by Crippen LogP contribution is 2.31. The third kappa shape index (κ3) is 5.67. The number of ether oxygens (including phenoxy) is 1. The van der Waals surface area contributed by atoms with E-state index in [4.69, 9.17) is 4.74 Å². The van der Waals surface area contributed by atoms with E-state index in [-0.39, 0.29) is 11.7 Å². The number of carbonyl (C=O) groups is 1. The Morgan fingerprint density at radius 1 is 1.17 bits per heavy atom. The standard InChI is InChI=1S/C23H27FN4O2/c1-17-21(12-13-22(29)25-14-15-27(2)3)23(30-20-11-7-8-18(24)16-20)28(26-17)19-9-5-4-6-10-19/h4-11,16H,12-15H2,1-3H3,(H,25,29). The fourth-order valence-corrected chi connectivity index (χ4v) is 3.06. The molecular weight excluding hydrogens is 383 g/mol. The number of carbonyl (C=O) groups excluding carboxylic acids is 1. The van der Waals surface area contributed by atoms with Gasteiger partial charge in [-0.3, -0.25) is 4.79 Å². The third-order valence-corrected chi connectivity index (χ3v) is 4.63. The summed E-state index contributed by atoms with van der Waals surface area (Å²) in [5.41, 5.74) is 2.42. The molecule has 30 heavy (non-hydrogen) atoms. The molecule has 0 aliphatic carbocycles. The van der Waals surface area contributed by atoms with Crippen LogP contribution in [0.15, 0.2) is 54.6 Å². The quantitative estimate of drug-likeness (QED) is 0.584. The van der Waals surface area contributed by atoms with Gasteiger partial charge in [-0.05, 0) is 51.7 Å². The molecule has 158 valence electrons. The molecule has 0 radical (unpaired) electrons. The van der Waals surface area contributed by atoms with Gasteiger partial charge in [-0.25, -0.2) is 9.07 Å². The van der Waals surface area contributed by atoms with Crippen LogP contribution < -0.4 is 10.1 Å². The number of rotatable bonds is 9. The Morgan fingerprint density at radius 3 is 2.63 bits per heavy atom. The van der Waals surface area contributed by atoms with Crippen molar-refractivity contribution in [3.05, 3.63) is 71.7 Å². The Kier molecular flexibility index (Phi) is 7.19. The van der Waals surface area contributed by atoms with E-state index < -0.39 is 0 Å². The lowest BCUT2D eigenvalue weighted by molar-refractivity contribution is -0.121. The minimum absolute atomic E-state index is 0.0274. The number of hydrogen-bond acceptors (Lipinski definition) is 4. The Labute approximate surface area is 176 Å². The summed E-state index contributed by atoms with van der Waals surface area (Å²) in [4.78, 5) is 14.3. The van der Waals surface area contributed by atoms with E-state index in [0.717, 1.165) is 23.5 Å². The van der Waals surface area contributed by atoms with Crippen LogP contribution in [0.4, 0.5) is 4.39 Å². The van der Waals surface area contributed by atoms with Gasteiger partial charge in [-0.1, -0.05) is 24.3 Å². The largest absolute Gasteiger partial charge is 0.439 e. The van der Waals surface area contributed by atoms with Crippen LogP contribution in [0.25, 0.3) is 5.69 Å². The molecule has 7 heteroatoms. The van der Waals surface area contributed by atoms with Gasteiger partial charge in [0.15, 0.2) is 0 Å². The summed E-state index contributed by atoms with van der Waals surface area (Å²) in [7, 11) is 3.92. The number of aromatic nitrogens is 2. The first-order chi connectivity index (χ1) is 14.4. The first kappa shape index (κ1) is 21.5. The highest BCUT2D eigenvalue weighted by Gasteiger charge is 2.20. The molecule has 2 aromatic carbocycles. The summed E-state index contributed by atoms with van der Waals surface area (Å²) in [5, 5.41) is 7.54. The van der Waals surface area contributed by atoms with E-state index in [0.29, 0.717) is 31.0 Å². The molecule has 0 fully saturated rings. The monoisotopic (exact) mass is 410 g/mol. The first-order valence-corrected chi connectivity index (χ1v) is 9.93. The molecule has 0 unspecified atom stereocenters. The summed E-state index contributed by atoms with van der Waals surface area (Å²) < 4.78 is 21.4. The molecule has 3 rings (SSSR count). The summed E-state index contributed by atoms with van der Waals surface area (Å²) in [5.74, 6) is 0.464. The number of amides is 1. The molecule has 1 heterocycles. The highest BCUT2D eigenvalue weighted by molar-refractivity contribution is 5.76. The predicted molar refractivity (Wildman–Crippen MR) is 115 cm³/mol. The average Bonchev–Trinajstić information content (AvgIpc) is 3.02. The number of likely N-dealkylation sites (N-methyl/N-ethyl adjacent to an activating group) is 1. The molecule has 1 aromatic heterocycles. The molecule has 0 aliphatic heterocycles. The molecule has 3 aromatic rings. The van der Waals surface area contributed by atoms with Gasteiger partial charge in [0, 0.05) is 31.1 Å². The minimum Gasteiger partial charge on any atom is -0.439 e. The SMILES string of the molecule is Cc1nn(-c2ccccc2)c(Oc2cccc(F)c2)c1CCC(=O)NCCN(C)C. The van der Waals surface area contributed by atoms with Gasteiger partial charge in [-0.15, -0.1) is 0 Å². The first-order valence-electron chi connectivity index (χ1n) is 9.93. The Hall–Kier alpha value is -3.19. The lowest BCUT2D eigenvalue weighted by Crippen LogP contribution is -2.31. The number of hydrogen-bond donors (Lipinski definition) is 1. The average molecular weight is 410 g/mol. The minimum atomic E-state index is -0.378. The van der Waals surface area contributed by atoms with Crippen LogP contribution in [0, 0.1) is 12.7 Å². The van der Waals surface area contributed by atoms with Crippen LogP contribution >= 0.6 is 0 Å². The lowest BCUT2D eigenvalue weighted by atomic mass is 10.1. The molecule has 0 saturated carbocycles. The summed E-state index contributed by atoms with van der Waals surface area (Å²) >= 11 is 0. The van der Waals surface area contributed by atoms with E-state index in [9.17, 15) is 9.18 Å². The van der Waals surface area contributed by atoms with Crippen LogP contribution in [0.5, 0.6) is 11.6 Å². The van der Waals surface area contributed by atoms with Crippen molar-refractivity contribution < 1.29 is 13.9 Å². The van der Waals surface area contributed by atoms with E-state index in [2.05, 4.69) is 10.4 Å². The van der Waals surface area contributed by atoms with Gasteiger partial charge in [0.25, 0.3) is 0 Å². The molecule has 0 atom stereocenters. The maximum atomic E-state index is 13.7. The molecule has 0 bridgehead atoms. The zero-order chi connectivity index (χ0) is 21.5. The fraction of sp³-hybridized carbons (Fsp3) is 0.304. The van der Waals surface area contributed by atoms with E-state index in [1.807, 2.05) is 56.3 Å². The smallest absolute Gasteiger partial charge is 0.226 e. The molecule has 1 amide bonds. The maximum absolute atomic E-state index is 13.7. The summed E-state index contributed by atoms with van der Waals surface area (Å²) in [6.07, 6.45) is 0.783. The molecule has 0 aliphatic rings. The van der Waals surface area contributed by atoms with Gasteiger partial charge >= 0.3 is 0 Å². The topological polar surface area (TPSA) is 59.4 Å². The van der Waals surface area contributed by atoms with Gasteiger partial charge in [-0.2, -0.15) is 5.10 Å². The number of benzene rings is 2. The molecule has 1 N–H and O–H groups in total. The number of nitrogens with zero attached hydrogens (tertiary/aromatic N) is 3. The number of para-hydroxylation sites is 1. The Bertz CT molecular complexity index is 986. The Balaban J connectivity index is 1.84. The van der Waals surface area contributed by atoms with Gasteiger partial charge in [0.05, 0.1) is 11.4 Å². The number of halogens is 1. The van der Waals surface area contributed by atoms with Crippen molar-refractivity contribution in [1.29, 1.82) is 0 Å². The summed E-state index contributed by atoms with van der Waals surface area (Å²) in [6, 6.07) is 15.6. The maximum Gasteiger partial charge on any atom is 0.226 e. The van der Waals surface area contributed by atoms with E-state index in [1.165, 1.54) is 12.1 Å². The van der Waals surface area contributed by atoms with Crippen LogP contribution in [-0.4, -0.2) is 47.8 Å². The second-order valence-corrected chi connectivity index (χ2v) is 7.33. The van der Waals surface area contributed by atoms with Crippen molar-refractivity contribution >= 4 is 5.91 Å². The normalized spacial score (nSPS) is 11.0. The van der Waals surface area contributed by atoms with Gasteiger partial charge < -0.3 is 15.0 Å². The lowest BCUT2D eigenvalue weighted by Gasteiger charge is -2.12. The molecular formula is C23H27FN4O2. The fourth-order valence-electron chi connectivity index (χ4n) is 3.06. The van der Waals surface area contributed by atoms with Crippen LogP contribution in [0.2, 0.25) is 0 Å². The van der Waals surface area contributed by atoms with Crippen molar-refractivity contribution in [1.82, 2.24) is 20.0 Å². The molecule has 6 nitrogen and oxygen atoms in total. The van der Waals surface area contributed by atoms with Crippen molar-refractivity contribution in [2.75, 3.05) is 27.2 Å². The zero-order valence-corrected chi connectivity index (χ0v) is 17.6.